The third-order valence-electron chi connectivity index (χ3n) is 3.89. The van der Waals surface area contributed by atoms with Gasteiger partial charge in [0.1, 0.15) is 5.60 Å². The first-order valence-electron chi connectivity index (χ1n) is 6.82. The zero-order chi connectivity index (χ0) is 13.2. The Kier molecular flexibility index (Phi) is 4.02. The van der Waals surface area contributed by atoms with Crippen LogP contribution in [-0.2, 0) is 10.3 Å². The minimum absolute atomic E-state index is 0.328. The summed E-state index contributed by atoms with van der Waals surface area (Å²) in [6.07, 6.45) is 1.89. The molecule has 0 amide bonds. The summed E-state index contributed by atoms with van der Waals surface area (Å²) in [6.45, 7) is 9.89. The van der Waals surface area contributed by atoms with E-state index in [1.165, 1.54) is 0 Å². The summed E-state index contributed by atoms with van der Waals surface area (Å²) in [7, 11) is 0. The van der Waals surface area contributed by atoms with Crippen LogP contribution in [0.3, 0.4) is 0 Å². The van der Waals surface area contributed by atoms with Crippen LogP contribution in [0, 0.1) is 0 Å². The average Bonchev–Trinajstić information content (AvgIpc) is 2.97. The van der Waals surface area contributed by atoms with Crippen LogP contribution in [0.1, 0.15) is 58.2 Å². The van der Waals surface area contributed by atoms with Crippen LogP contribution < -0.4 is 5.32 Å². The van der Waals surface area contributed by atoms with Crippen LogP contribution >= 0.6 is 0 Å². The number of ether oxygens (including phenoxy) is 1. The van der Waals surface area contributed by atoms with E-state index in [4.69, 9.17) is 9.26 Å². The molecule has 2 rings (SSSR count). The Morgan fingerprint density at radius 3 is 2.83 bits per heavy atom. The Hall–Kier alpha value is -0.940. The lowest BCUT2D eigenvalue weighted by Gasteiger charge is -2.23. The Morgan fingerprint density at radius 2 is 2.28 bits per heavy atom. The van der Waals surface area contributed by atoms with Crippen molar-refractivity contribution in [2.45, 2.75) is 58.1 Å². The van der Waals surface area contributed by atoms with Crippen molar-refractivity contribution in [1.29, 1.82) is 0 Å². The van der Waals surface area contributed by atoms with Crippen LogP contribution in [0.5, 0.6) is 0 Å². The predicted octanol–water partition coefficient (Wildman–Crippen LogP) is 2.20. The molecule has 1 aromatic rings. The molecule has 1 saturated heterocycles. The van der Waals surface area contributed by atoms with Gasteiger partial charge in [-0.2, -0.15) is 4.98 Å². The molecule has 0 radical (unpaired) electrons. The second-order valence-electron chi connectivity index (χ2n) is 5.11. The number of nitrogens with zero attached hydrogens (tertiary/aromatic N) is 2. The van der Waals surface area contributed by atoms with E-state index >= 15 is 0 Å². The van der Waals surface area contributed by atoms with Crippen molar-refractivity contribution in [3.05, 3.63) is 11.7 Å². The highest BCUT2D eigenvalue weighted by atomic mass is 16.5. The van der Waals surface area contributed by atoms with E-state index in [0.29, 0.717) is 24.4 Å². The van der Waals surface area contributed by atoms with Gasteiger partial charge in [0.15, 0.2) is 0 Å². The van der Waals surface area contributed by atoms with Crippen molar-refractivity contribution in [1.82, 2.24) is 15.5 Å². The summed E-state index contributed by atoms with van der Waals surface area (Å²) < 4.78 is 11.2. The van der Waals surface area contributed by atoms with Gasteiger partial charge >= 0.3 is 0 Å². The first-order chi connectivity index (χ1) is 8.60. The highest BCUT2D eigenvalue weighted by Gasteiger charge is 2.34. The van der Waals surface area contributed by atoms with Gasteiger partial charge < -0.3 is 14.6 Å². The van der Waals surface area contributed by atoms with Gasteiger partial charge in [-0.05, 0) is 40.2 Å². The SMILES string of the molecule is CCOC(C)(CC)c1noc(C2CCNC2C)n1. The van der Waals surface area contributed by atoms with Crippen molar-refractivity contribution >= 4 is 0 Å². The molecule has 1 N–H and O–H groups in total. The van der Waals surface area contributed by atoms with Gasteiger partial charge in [-0.25, -0.2) is 0 Å². The number of aromatic nitrogens is 2. The van der Waals surface area contributed by atoms with E-state index in [0.717, 1.165) is 25.3 Å². The maximum atomic E-state index is 5.77. The predicted molar refractivity (Wildman–Crippen MR) is 68.4 cm³/mol. The van der Waals surface area contributed by atoms with E-state index in [9.17, 15) is 0 Å². The van der Waals surface area contributed by atoms with Crippen LogP contribution in [0.25, 0.3) is 0 Å². The number of hydrogen-bond donors (Lipinski definition) is 1. The van der Waals surface area contributed by atoms with Gasteiger partial charge in [0, 0.05) is 12.6 Å². The first-order valence-corrected chi connectivity index (χ1v) is 6.82. The molecule has 0 aromatic carbocycles. The van der Waals surface area contributed by atoms with Crippen molar-refractivity contribution < 1.29 is 9.26 Å². The highest BCUT2D eigenvalue weighted by Crippen LogP contribution is 2.30. The minimum Gasteiger partial charge on any atom is -0.367 e. The van der Waals surface area contributed by atoms with E-state index in [2.05, 4.69) is 29.3 Å². The molecular weight excluding hydrogens is 230 g/mol. The average molecular weight is 253 g/mol. The van der Waals surface area contributed by atoms with Crippen LogP contribution in [-0.4, -0.2) is 29.3 Å². The first kappa shape index (κ1) is 13.5. The van der Waals surface area contributed by atoms with Gasteiger partial charge in [-0.1, -0.05) is 12.1 Å². The molecule has 3 unspecified atom stereocenters. The second kappa shape index (κ2) is 5.36. The summed E-state index contributed by atoms with van der Waals surface area (Å²) in [5.41, 5.74) is -0.439. The third-order valence-corrected chi connectivity index (χ3v) is 3.89. The summed E-state index contributed by atoms with van der Waals surface area (Å²) in [4.78, 5) is 4.56. The van der Waals surface area contributed by atoms with Crippen LogP contribution in [0.2, 0.25) is 0 Å². The molecule has 0 saturated carbocycles. The molecule has 1 aromatic heterocycles. The summed E-state index contributed by atoms with van der Waals surface area (Å²) in [6, 6.07) is 0.401. The lowest BCUT2D eigenvalue weighted by molar-refractivity contribution is -0.0403. The molecule has 3 atom stereocenters. The number of hydrogen-bond acceptors (Lipinski definition) is 5. The molecule has 0 aliphatic carbocycles. The molecule has 1 aliphatic rings. The Balaban J connectivity index is 2.18. The molecule has 1 aliphatic heterocycles. The Morgan fingerprint density at radius 1 is 1.50 bits per heavy atom. The molecule has 0 spiro atoms. The molecule has 5 nitrogen and oxygen atoms in total. The summed E-state index contributed by atoms with van der Waals surface area (Å²) in [5.74, 6) is 1.73. The normalized spacial score (nSPS) is 27.3. The third kappa shape index (κ3) is 2.42. The van der Waals surface area contributed by atoms with Crippen molar-refractivity contribution in [2.75, 3.05) is 13.2 Å². The topological polar surface area (TPSA) is 60.2 Å². The highest BCUT2D eigenvalue weighted by molar-refractivity contribution is 5.06. The quantitative estimate of drug-likeness (QED) is 0.871. The molecule has 2 heterocycles. The zero-order valence-corrected chi connectivity index (χ0v) is 11.7. The largest absolute Gasteiger partial charge is 0.367 e. The van der Waals surface area contributed by atoms with Crippen LogP contribution in [0.15, 0.2) is 4.52 Å². The van der Waals surface area contributed by atoms with Gasteiger partial charge in [0.25, 0.3) is 0 Å². The summed E-state index contributed by atoms with van der Waals surface area (Å²) >= 11 is 0. The van der Waals surface area contributed by atoms with Crippen molar-refractivity contribution in [2.24, 2.45) is 0 Å². The maximum absolute atomic E-state index is 5.77. The number of rotatable bonds is 5. The molecular formula is C13H23N3O2. The fraction of sp³-hybridized carbons (Fsp3) is 0.846. The van der Waals surface area contributed by atoms with Crippen molar-refractivity contribution in [3.63, 3.8) is 0 Å². The zero-order valence-electron chi connectivity index (χ0n) is 11.7. The van der Waals surface area contributed by atoms with Gasteiger partial charge in [0.05, 0.1) is 5.92 Å². The lowest BCUT2D eigenvalue weighted by Crippen LogP contribution is -2.27. The standard InChI is InChI=1S/C13H23N3O2/c1-5-13(4,17-6-2)12-15-11(18-16-12)10-7-8-14-9(10)3/h9-10,14H,5-8H2,1-4H3. The van der Waals surface area contributed by atoms with Gasteiger partial charge in [-0.15, -0.1) is 0 Å². The fourth-order valence-corrected chi connectivity index (χ4v) is 2.44. The van der Waals surface area contributed by atoms with E-state index in [1.807, 2.05) is 13.8 Å². The van der Waals surface area contributed by atoms with E-state index in [1.54, 1.807) is 0 Å². The second-order valence-corrected chi connectivity index (χ2v) is 5.11. The van der Waals surface area contributed by atoms with Gasteiger partial charge in [0.2, 0.25) is 11.7 Å². The van der Waals surface area contributed by atoms with Crippen molar-refractivity contribution in [3.8, 4) is 0 Å². The van der Waals surface area contributed by atoms with E-state index in [-0.39, 0.29) is 0 Å². The molecule has 18 heavy (non-hydrogen) atoms. The Bertz CT molecular complexity index is 393. The molecule has 102 valence electrons. The molecule has 1 fully saturated rings. The smallest absolute Gasteiger partial charge is 0.231 e. The summed E-state index contributed by atoms with van der Waals surface area (Å²) in [5, 5.41) is 7.51. The minimum atomic E-state index is -0.439. The van der Waals surface area contributed by atoms with E-state index < -0.39 is 5.60 Å². The monoisotopic (exact) mass is 253 g/mol. The fourth-order valence-electron chi connectivity index (χ4n) is 2.44. The van der Waals surface area contributed by atoms with Crippen LogP contribution in [0.4, 0.5) is 0 Å². The number of nitrogens with one attached hydrogen (secondary N) is 1. The lowest BCUT2D eigenvalue weighted by atomic mass is 10.0. The Labute approximate surface area is 108 Å². The molecule has 0 bridgehead atoms. The van der Waals surface area contributed by atoms with Gasteiger partial charge in [-0.3, -0.25) is 0 Å². The maximum Gasteiger partial charge on any atom is 0.231 e. The molecule has 5 heteroatoms.